The number of anilines is 1. The summed E-state index contributed by atoms with van der Waals surface area (Å²) < 4.78 is 27.2. The van der Waals surface area contributed by atoms with E-state index in [0.29, 0.717) is 17.5 Å². The second-order valence-corrected chi connectivity index (χ2v) is 10.2. The Hall–Kier alpha value is -3.39. The van der Waals surface area contributed by atoms with Gasteiger partial charge in [0.05, 0.1) is 25.0 Å². The minimum Gasteiger partial charge on any atom is -0.456 e. The van der Waals surface area contributed by atoms with Crippen molar-refractivity contribution in [2.75, 3.05) is 25.1 Å². The maximum atomic E-state index is 13.6. The first-order valence-electron chi connectivity index (χ1n) is 12.7. The van der Waals surface area contributed by atoms with Crippen LogP contribution in [0, 0.1) is 17.7 Å². The Morgan fingerprint density at radius 2 is 1.86 bits per heavy atom. The Kier molecular flexibility index (Phi) is 5.91. The smallest absolute Gasteiger partial charge is 0.414 e. The van der Waals surface area contributed by atoms with Gasteiger partial charge in [-0.25, -0.2) is 9.18 Å². The zero-order valence-electron chi connectivity index (χ0n) is 20.6. The van der Waals surface area contributed by atoms with Gasteiger partial charge in [0.1, 0.15) is 17.3 Å². The highest BCUT2D eigenvalue weighted by atomic mass is 19.1. The lowest BCUT2D eigenvalue weighted by atomic mass is 9.92. The van der Waals surface area contributed by atoms with Crippen LogP contribution in [0.2, 0.25) is 0 Å². The molecular weight excluding hydrogens is 459 g/mol. The molecule has 7 nitrogen and oxygen atoms in total. The van der Waals surface area contributed by atoms with Crippen LogP contribution >= 0.6 is 0 Å². The van der Waals surface area contributed by atoms with Crippen LogP contribution < -0.4 is 15.0 Å². The molecule has 1 saturated carbocycles. The van der Waals surface area contributed by atoms with Crippen LogP contribution in [0.1, 0.15) is 37.8 Å². The first-order valence-corrected chi connectivity index (χ1v) is 12.7. The van der Waals surface area contributed by atoms with Gasteiger partial charge >= 0.3 is 6.09 Å². The van der Waals surface area contributed by atoms with Crippen LogP contribution in [-0.2, 0) is 11.2 Å². The fraction of sp³-hybridized carbons (Fsp3) is 0.429. The molecule has 2 fully saturated rings. The summed E-state index contributed by atoms with van der Waals surface area (Å²) >= 11 is 0. The van der Waals surface area contributed by atoms with Gasteiger partial charge in [-0.15, -0.1) is 0 Å². The first-order chi connectivity index (χ1) is 17.5. The predicted molar refractivity (Wildman–Crippen MR) is 135 cm³/mol. The van der Waals surface area contributed by atoms with E-state index in [1.807, 2.05) is 25.3 Å². The average Bonchev–Trinajstić information content (AvgIpc) is 3.61. The summed E-state index contributed by atoms with van der Waals surface area (Å²) in [6, 6.07) is 10.4. The maximum absolute atomic E-state index is 13.6. The molecule has 3 unspecified atom stereocenters. The van der Waals surface area contributed by atoms with Crippen LogP contribution in [0.3, 0.4) is 0 Å². The number of methoxy groups -OCH3 is 1. The van der Waals surface area contributed by atoms with Gasteiger partial charge in [0, 0.05) is 28.9 Å². The summed E-state index contributed by atoms with van der Waals surface area (Å²) in [6.07, 6.45) is 7.45. The van der Waals surface area contributed by atoms with Crippen molar-refractivity contribution in [3.63, 3.8) is 0 Å². The molecule has 0 bridgehead atoms. The van der Waals surface area contributed by atoms with Crippen molar-refractivity contribution in [2.24, 2.45) is 11.8 Å². The number of aromatic nitrogens is 2. The minimum absolute atomic E-state index is 0.00790. The topological polar surface area (TPSA) is 68.6 Å². The predicted octanol–water partition coefficient (Wildman–Crippen LogP) is 5.56. The summed E-state index contributed by atoms with van der Waals surface area (Å²) in [6.45, 7) is 4.22. The van der Waals surface area contributed by atoms with Crippen molar-refractivity contribution in [3.05, 3.63) is 60.2 Å². The number of hydrogen-bond donors (Lipinski definition) is 1. The van der Waals surface area contributed by atoms with Crippen molar-refractivity contribution in [3.8, 4) is 22.6 Å². The molecule has 1 amide bonds. The molecule has 188 valence electrons. The Balaban J connectivity index is 1.40. The van der Waals surface area contributed by atoms with Gasteiger partial charge < -0.3 is 14.8 Å². The Morgan fingerprint density at radius 3 is 2.58 bits per heavy atom. The van der Waals surface area contributed by atoms with Crippen molar-refractivity contribution in [1.82, 2.24) is 15.1 Å². The molecule has 8 heteroatoms. The summed E-state index contributed by atoms with van der Waals surface area (Å²) in [5.41, 5.74) is 3.59. The number of ether oxygens (including phenoxy) is 2. The van der Waals surface area contributed by atoms with E-state index in [1.165, 1.54) is 19.2 Å². The molecular formula is C28H31FN4O3. The van der Waals surface area contributed by atoms with Gasteiger partial charge in [0.2, 0.25) is 0 Å². The van der Waals surface area contributed by atoms with Crippen molar-refractivity contribution < 1.29 is 18.7 Å². The van der Waals surface area contributed by atoms with Crippen molar-refractivity contribution in [2.45, 2.75) is 44.7 Å². The molecule has 3 aliphatic rings. The molecule has 1 aromatic heterocycles. The number of benzene rings is 2. The van der Waals surface area contributed by atoms with Crippen LogP contribution in [0.25, 0.3) is 11.1 Å². The second-order valence-electron chi connectivity index (χ2n) is 10.2. The third-order valence-electron chi connectivity index (χ3n) is 8.07. The third-order valence-corrected chi connectivity index (χ3v) is 8.07. The summed E-state index contributed by atoms with van der Waals surface area (Å²) in [5.74, 6) is 2.36. The number of carbonyl (C=O) groups is 1. The number of amides is 1. The SMILES string of the molecule is COC(=O)N1c2ccc(-c3cnn(C4CC5CNCC5C4)c3)c(Oc3ccc(F)cc3)c2CCC1C. The van der Waals surface area contributed by atoms with Crippen molar-refractivity contribution in [1.29, 1.82) is 0 Å². The van der Waals surface area contributed by atoms with E-state index in [0.717, 1.165) is 73.0 Å². The van der Waals surface area contributed by atoms with Gasteiger partial charge in [0.25, 0.3) is 0 Å². The zero-order valence-corrected chi connectivity index (χ0v) is 20.6. The summed E-state index contributed by atoms with van der Waals surface area (Å²) in [4.78, 5) is 14.3. The summed E-state index contributed by atoms with van der Waals surface area (Å²) in [7, 11) is 1.40. The molecule has 0 radical (unpaired) electrons. The van der Waals surface area contributed by atoms with E-state index in [-0.39, 0.29) is 11.9 Å². The number of hydrogen-bond acceptors (Lipinski definition) is 5. The molecule has 3 aromatic rings. The molecule has 3 atom stereocenters. The van der Waals surface area contributed by atoms with Crippen LogP contribution in [0.5, 0.6) is 11.5 Å². The highest BCUT2D eigenvalue weighted by Crippen LogP contribution is 2.46. The Morgan fingerprint density at radius 1 is 1.11 bits per heavy atom. The number of nitrogens with one attached hydrogen (secondary N) is 1. The van der Waals surface area contributed by atoms with Crippen LogP contribution in [-0.4, -0.2) is 42.1 Å². The van der Waals surface area contributed by atoms with E-state index in [2.05, 4.69) is 16.2 Å². The molecule has 1 saturated heterocycles. The minimum atomic E-state index is -0.391. The fourth-order valence-electron chi connectivity index (χ4n) is 6.17. The van der Waals surface area contributed by atoms with E-state index in [9.17, 15) is 9.18 Å². The zero-order chi connectivity index (χ0) is 24.8. The van der Waals surface area contributed by atoms with Gasteiger partial charge in [-0.1, -0.05) is 0 Å². The molecule has 2 aliphatic heterocycles. The van der Waals surface area contributed by atoms with E-state index in [1.54, 1.807) is 17.0 Å². The molecule has 3 heterocycles. The lowest BCUT2D eigenvalue weighted by Gasteiger charge is -2.35. The fourth-order valence-corrected chi connectivity index (χ4v) is 6.17. The number of carbonyl (C=O) groups excluding carboxylic acids is 1. The quantitative estimate of drug-likeness (QED) is 0.519. The van der Waals surface area contributed by atoms with Gasteiger partial charge in [-0.2, -0.15) is 5.10 Å². The largest absolute Gasteiger partial charge is 0.456 e. The molecule has 6 rings (SSSR count). The van der Waals surface area contributed by atoms with Crippen molar-refractivity contribution >= 4 is 11.8 Å². The third kappa shape index (κ3) is 4.03. The van der Waals surface area contributed by atoms with E-state index >= 15 is 0 Å². The van der Waals surface area contributed by atoms with Gasteiger partial charge in [-0.05, 0) is 93.9 Å². The monoisotopic (exact) mass is 490 g/mol. The normalized spacial score (nSPS) is 24.9. The second kappa shape index (κ2) is 9.24. The first kappa shape index (κ1) is 23.0. The number of rotatable bonds is 4. The van der Waals surface area contributed by atoms with Crippen LogP contribution in [0.4, 0.5) is 14.9 Å². The van der Waals surface area contributed by atoms with Gasteiger partial charge in [0.15, 0.2) is 0 Å². The Bertz CT molecular complexity index is 1260. The van der Waals surface area contributed by atoms with E-state index in [4.69, 9.17) is 14.6 Å². The average molecular weight is 491 g/mol. The standard InChI is InChI=1S/C28H31FN4O3/c1-17-3-8-25-26(33(17)28(34)35-2)10-9-24(27(25)36-23-6-4-21(29)5-7-23)20-15-31-32(16-20)22-11-18-13-30-14-19(18)12-22/h4-7,9-10,15-19,22,30H,3,8,11-14H2,1-2H3. The van der Waals surface area contributed by atoms with E-state index < -0.39 is 6.09 Å². The molecule has 36 heavy (non-hydrogen) atoms. The lowest BCUT2D eigenvalue weighted by Crippen LogP contribution is -2.42. The highest BCUT2D eigenvalue weighted by molar-refractivity contribution is 5.92. The molecule has 1 aliphatic carbocycles. The lowest BCUT2D eigenvalue weighted by molar-refractivity contribution is 0.175. The molecule has 2 aromatic carbocycles. The molecule has 1 N–H and O–H groups in total. The molecule has 0 spiro atoms. The number of halogens is 1. The Labute approximate surface area is 210 Å². The van der Waals surface area contributed by atoms with Crippen LogP contribution in [0.15, 0.2) is 48.8 Å². The number of fused-ring (bicyclic) bond motifs is 2. The summed E-state index contributed by atoms with van der Waals surface area (Å²) in [5, 5.41) is 8.25. The van der Waals surface area contributed by atoms with Gasteiger partial charge in [-0.3, -0.25) is 9.58 Å². The maximum Gasteiger partial charge on any atom is 0.414 e. The highest BCUT2D eigenvalue weighted by Gasteiger charge is 2.38. The number of nitrogens with zero attached hydrogens (tertiary/aromatic N) is 3.